The second-order valence-corrected chi connectivity index (χ2v) is 5.15. The second-order valence-electron chi connectivity index (χ2n) is 3.67. The van der Waals surface area contributed by atoms with E-state index in [-0.39, 0.29) is 6.04 Å². The summed E-state index contributed by atoms with van der Waals surface area (Å²) in [7, 11) is 0.867. The van der Waals surface area contributed by atoms with Gasteiger partial charge in [-0.2, -0.15) is 0 Å². The number of ether oxygens (including phenoxy) is 1. The minimum absolute atomic E-state index is 0.179. The van der Waals surface area contributed by atoms with Gasteiger partial charge in [0, 0.05) is 54.9 Å². The monoisotopic (exact) mass is 245 g/mol. The van der Waals surface area contributed by atoms with Crippen molar-refractivity contribution in [3.05, 3.63) is 12.4 Å². The standard InChI is InChI=1S/C10H19N3O2S/c1-9(8-16(3)14)13-6-4-11-10(13)12-5-7-15-2/h4,6,9H,5,7-8H2,1-3H3,(H,11,12). The minimum Gasteiger partial charge on any atom is -0.383 e. The van der Waals surface area contributed by atoms with E-state index in [2.05, 4.69) is 10.3 Å². The minimum atomic E-state index is -0.797. The number of hydrogen-bond donors (Lipinski definition) is 1. The van der Waals surface area contributed by atoms with Crippen molar-refractivity contribution < 1.29 is 8.95 Å². The van der Waals surface area contributed by atoms with Crippen LogP contribution in [0, 0.1) is 0 Å². The first-order valence-electron chi connectivity index (χ1n) is 5.20. The van der Waals surface area contributed by atoms with Gasteiger partial charge in [0.05, 0.1) is 6.61 Å². The summed E-state index contributed by atoms with van der Waals surface area (Å²) in [5.74, 6) is 1.44. The van der Waals surface area contributed by atoms with Gasteiger partial charge < -0.3 is 14.6 Å². The molecule has 16 heavy (non-hydrogen) atoms. The third-order valence-electron chi connectivity index (χ3n) is 2.21. The van der Waals surface area contributed by atoms with E-state index >= 15 is 0 Å². The molecule has 0 aliphatic carbocycles. The summed E-state index contributed by atoms with van der Waals surface area (Å²) in [6, 6.07) is 0.179. The zero-order valence-corrected chi connectivity index (χ0v) is 10.8. The zero-order valence-electron chi connectivity index (χ0n) is 9.97. The Bertz CT molecular complexity index is 341. The Morgan fingerprint density at radius 3 is 3.06 bits per heavy atom. The Kier molecular flexibility index (Phi) is 5.48. The van der Waals surface area contributed by atoms with Crippen LogP contribution in [0.2, 0.25) is 0 Å². The maximum atomic E-state index is 11.2. The SMILES string of the molecule is COCCNc1nccn1C(C)CS(C)=O. The highest BCUT2D eigenvalue weighted by Crippen LogP contribution is 2.13. The van der Waals surface area contributed by atoms with Gasteiger partial charge in [0.15, 0.2) is 0 Å². The molecule has 0 saturated heterocycles. The number of nitrogens with one attached hydrogen (secondary N) is 1. The second kappa shape index (κ2) is 6.65. The molecule has 0 radical (unpaired) electrons. The lowest BCUT2D eigenvalue weighted by molar-refractivity contribution is 0.210. The van der Waals surface area contributed by atoms with Crippen molar-refractivity contribution in [2.45, 2.75) is 13.0 Å². The van der Waals surface area contributed by atoms with Gasteiger partial charge >= 0.3 is 0 Å². The molecule has 5 nitrogen and oxygen atoms in total. The molecular formula is C10H19N3O2S. The van der Waals surface area contributed by atoms with E-state index in [1.165, 1.54) is 0 Å². The molecule has 0 bridgehead atoms. The van der Waals surface area contributed by atoms with Crippen LogP contribution in [0.25, 0.3) is 0 Å². The Hall–Kier alpha value is -0.880. The van der Waals surface area contributed by atoms with Crippen molar-refractivity contribution in [3.63, 3.8) is 0 Å². The van der Waals surface area contributed by atoms with Crippen LogP contribution < -0.4 is 5.32 Å². The van der Waals surface area contributed by atoms with Gasteiger partial charge in [-0.15, -0.1) is 0 Å². The third-order valence-corrected chi connectivity index (χ3v) is 3.16. The van der Waals surface area contributed by atoms with Crippen molar-refractivity contribution in [2.24, 2.45) is 0 Å². The fourth-order valence-corrected chi connectivity index (χ4v) is 2.33. The molecule has 2 unspecified atom stereocenters. The molecule has 1 N–H and O–H groups in total. The number of methoxy groups -OCH3 is 1. The maximum absolute atomic E-state index is 11.2. The first-order valence-corrected chi connectivity index (χ1v) is 6.93. The average Bonchev–Trinajstić information content (AvgIpc) is 2.65. The summed E-state index contributed by atoms with van der Waals surface area (Å²) >= 11 is 0. The van der Waals surface area contributed by atoms with Crippen molar-refractivity contribution in [1.82, 2.24) is 9.55 Å². The first kappa shape index (κ1) is 13.2. The molecule has 0 aromatic carbocycles. The third kappa shape index (κ3) is 3.94. The van der Waals surface area contributed by atoms with Gasteiger partial charge in [0.1, 0.15) is 0 Å². The molecule has 2 atom stereocenters. The van der Waals surface area contributed by atoms with Crippen LogP contribution in [0.1, 0.15) is 13.0 Å². The molecule has 0 saturated carbocycles. The molecule has 1 heterocycles. The molecule has 0 fully saturated rings. The fourth-order valence-electron chi connectivity index (χ4n) is 1.49. The molecule has 92 valence electrons. The quantitative estimate of drug-likeness (QED) is 0.725. The lowest BCUT2D eigenvalue weighted by Crippen LogP contribution is -2.17. The predicted molar refractivity (Wildman–Crippen MR) is 66.2 cm³/mol. The van der Waals surface area contributed by atoms with Crippen LogP contribution in [-0.4, -0.2) is 46.0 Å². The average molecular weight is 245 g/mol. The molecule has 0 aliphatic rings. The Morgan fingerprint density at radius 1 is 1.69 bits per heavy atom. The van der Waals surface area contributed by atoms with Crippen LogP contribution in [0.5, 0.6) is 0 Å². The van der Waals surface area contributed by atoms with Crippen LogP contribution >= 0.6 is 0 Å². The van der Waals surface area contributed by atoms with Gasteiger partial charge in [-0.3, -0.25) is 4.21 Å². The van der Waals surface area contributed by atoms with E-state index in [0.717, 1.165) is 12.5 Å². The molecule has 1 rings (SSSR count). The molecule has 0 spiro atoms. The summed E-state index contributed by atoms with van der Waals surface area (Å²) in [5, 5.41) is 3.18. The molecular weight excluding hydrogens is 226 g/mol. The van der Waals surface area contributed by atoms with E-state index in [1.807, 2.05) is 17.7 Å². The number of rotatable bonds is 7. The molecule has 0 aliphatic heterocycles. The zero-order chi connectivity index (χ0) is 12.0. The highest BCUT2D eigenvalue weighted by Gasteiger charge is 2.10. The van der Waals surface area contributed by atoms with Crippen molar-refractivity contribution in [1.29, 1.82) is 0 Å². The molecule has 6 heteroatoms. The summed E-state index contributed by atoms with van der Waals surface area (Å²) in [6.07, 6.45) is 5.35. The van der Waals surface area contributed by atoms with Crippen LogP contribution in [0.3, 0.4) is 0 Å². The summed E-state index contributed by atoms with van der Waals surface area (Å²) in [5.41, 5.74) is 0. The van der Waals surface area contributed by atoms with Crippen molar-refractivity contribution in [3.8, 4) is 0 Å². The highest BCUT2D eigenvalue weighted by molar-refractivity contribution is 7.84. The number of aromatic nitrogens is 2. The molecule has 1 aromatic heterocycles. The topological polar surface area (TPSA) is 56.1 Å². The maximum Gasteiger partial charge on any atom is 0.203 e. The van der Waals surface area contributed by atoms with Crippen LogP contribution in [0.15, 0.2) is 12.4 Å². The number of imidazole rings is 1. The van der Waals surface area contributed by atoms with Crippen LogP contribution in [-0.2, 0) is 15.5 Å². The lowest BCUT2D eigenvalue weighted by Gasteiger charge is -2.15. The fraction of sp³-hybridized carbons (Fsp3) is 0.700. The van der Waals surface area contributed by atoms with Crippen molar-refractivity contribution in [2.75, 3.05) is 37.6 Å². The summed E-state index contributed by atoms with van der Waals surface area (Å²) < 4.78 is 18.1. The summed E-state index contributed by atoms with van der Waals surface area (Å²) in [6.45, 7) is 3.39. The van der Waals surface area contributed by atoms with E-state index in [1.54, 1.807) is 19.6 Å². The largest absolute Gasteiger partial charge is 0.383 e. The number of nitrogens with zero attached hydrogens (tertiary/aromatic N) is 2. The van der Waals surface area contributed by atoms with Gasteiger partial charge in [0.25, 0.3) is 0 Å². The Labute approximate surface area is 98.7 Å². The normalized spacial score (nSPS) is 14.7. The lowest BCUT2D eigenvalue weighted by atomic mass is 10.4. The number of anilines is 1. The van der Waals surface area contributed by atoms with Gasteiger partial charge in [-0.1, -0.05) is 0 Å². The Balaban J connectivity index is 2.58. The molecule has 1 aromatic rings. The van der Waals surface area contributed by atoms with Gasteiger partial charge in [0.2, 0.25) is 5.95 Å². The predicted octanol–water partition coefficient (Wildman–Crippen LogP) is 0.881. The summed E-state index contributed by atoms with van der Waals surface area (Å²) in [4.78, 5) is 4.21. The van der Waals surface area contributed by atoms with Gasteiger partial charge in [-0.25, -0.2) is 4.98 Å². The van der Waals surface area contributed by atoms with Crippen LogP contribution in [0.4, 0.5) is 5.95 Å². The van der Waals surface area contributed by atoms with Crippen molar-refractivity contribution >= 4 is 16.7 Å². The molecule has 0 amide bonds. The highest BCUT2D eigenvalue weighted by atomic mass is 32.2. The van der Waals surface area contributed by atoms with E-state index in [0.29, 0.717) is 12.4 Å². The number of hydrogen-bond acceptors (Lipinski definition) is 4. The first-order chi connectivity index (χ1) is 7.65. The van der Waals surface area contributed by atoms with E-state index < -0.39 is 10.8 Å². The van der Waals surface area contributed by atoms with E-state index in [9.17, 15) is 4.21 Å². The van der Waals surface area contributed by atoms with E-state index in [4.69, 9.17) is 4.74 Å². The smallest absolute Gasteiger partial charge is 0.203 e. The Morgan fingerprint density at radius 2 is 2.44 bits per heavy atom. The van der Waals surface area contributed by atoms with Gasteiger partial charge in [-0.05, 0) is 6.92 Å².